The third kappa shape index (κ3) is 5.77. The van der Waals surface area contributed by atoms with Crippen LogP contribution in [-0.2, 0) is 11.3 Å². The van der Waals surface area contributed by atoms with Gasteiger partial charge in [-0.25, -0.2) is 0 Å². The fourth-order valence-electron chi connectivity index (χ4n) is 2.18. The molecule has 0 saturated heterocycles. The lowest BCUT2D eigenvalue weighted by molar-refractivity contribution is -0.116. The second kappa shape index (κ2) is 9.41. The van der Waals surface area contributed by atoms with E-state index >= 15 is 0 Å². The topological polar surface area (TPSA) is 56.8 Å². The molecule has 0 aliphatic rings. The molecule has 0 aromatic heterocycles. The summed E-state index contributed by atoms with van der Waals surface area (Å²) in [7, 11) is 2.92. The third-order valence-corrected chi connectivity index (χ3v) is 3.43. The Hall–Kier alpha value is -3.09. The molecule has 0 heterocycles. The summed E-state index contributed by atoms with van der Waals surface area (Å²) in [5.74, 6) is 0.511. The average Bonchev–Trinajstić information content (AvgIpc) is 2.65. The van der Waals surface area contributed by atoms with Crippen LogP contribution in [0.1, 0.15) is 11.1 Å². The van der Waals surface area contributed by atoms with E-state index in [0.29, 0.717) is 17.9 Å². The Morgan fingerprint density at radius 3 is 2.62 bits per heavy atom. The summed E-state index contributed by atoms with van der Waals surface area (Å²) in [5.41, 5.74) is 1.52. The molecule has 0 atom stereocenters. The van der Waals surface area contributed by atoms with Crippen LogP contribution in [-0.4, -0.2) is 26.7 Å². The molecule has 0 bridgehead atoms. The van der Waals surface area contributed by atoms with E-state index in [1.165, 1.54) is 25.3 Å². The Kier molecular flexibility index (Phi) is 6.96. The number of nitrogens with one attached hydrogen (secondary N) is 1. The molecular weight excluding hydrogens is 344 g/mol. The largest absolute Gasteiger partial charge is 0.497 e. The summed E-state index contributed by atoms with van der Waals surface area (Å²) in [6.07, 6.45) is 2.90. The molecule has 7 heteroatoms. The van der Waals surface area contributed by atoms with Crippen molar-refractivity contribution >= 4 is 12.0 Å². The molecule has 138 valence electrons. The van der Waals surface area contributed by atoms with Crippen LogP contribution in [0.3, 0.4) is 0 Å². The van der Waals surface area contributed by atoms with Crippen molar-refractivity contribution in [3.63, 3.8) is 0 Å². The summed E-state index contributed by atoms with van der Waals surface area (Å²) in [6.45, 7) is -2.59. The molecule has 0 saturated carbocycles. The van der Waals surface area contributed by atoms with Gasteiger partial charge >= 0.3 is 6.61 Å². The quantitative estimate of drug-likeness (QED) is 0.728. The molecule has 0 unspecified atom stereocenters. The van der Waals surface area contributed by atoms with Gasteiger partial charge in [-0.05, 0) is 41.5 Å². The fourth-order valence-corrected chi connectivity index (χ4v) is 2.18. The molecule has 1 amide bonds. The van der Waals surface area contributed by atoms with Crippen LogP contribution in [0, 0.1) is 0 Å². The molecule has 0 radical (unpaired) electrons. The first-order chi connectivity index (χ1) is 12.5. The molecule has 2 aromatic carbocycles. The average molecular weight is 363 g/mol. The lowest BCUT2D eigenvalue weighted by Gasteiger charge is -2.10. The van der Waals surface area contributed by atoms with Gasteiger partial charge < -0.3 is 19.5 Å². The summed E-state index contributed by atoms with van der Waals surface area (Å²) in [4.78, 5) is 11.9. The van der Waals surface area contributed by atoms with Crippen molar-refractivity contribution in [2.24, 2.45) is 0 Å². The zero-order chi connectivity index (χ0) is 18.9. The van der Waals surface area contributed by atoms with Crippen LogP contribution in [0.5, 0.6) is 17.2 Å². The van der Waals surface area contributed by atoms with Crippen molar-refractivity contribution in [2.75, 3.05) is 14.2 Å². The second-order valence-corrected chi connectivity index (χ2v) is 5.19. The van der Waals surface area contributed by atoms with Crippen molar-refractivity contribution in [3.8, 4) is 17.2 Å². The molecule has 26 heavy (non-hydrogen) atoms. The highest BCUT2D eigenvalue weighted by molar-refractivity contribution is 5.91. The van der Waals surface area contributed by atoms with E-state index in [2.05, 4.69) is 10.1 Å². The predicted molar refractivity (Wildman–Crippen MR) is 93.5 cm³/mol. The maximum atomic E-state index is 12.3. The lowest BCUT2D eigenvalue weighted by atomic mass is 10.2. The van der Waals surface area contributed by atoms with Gasteiger partial charge in [0, 0.05) is 12.6 Å². The Bertz CT molecular complexity index is 778. The molecule has 2 rings (SSSR count). The highest BCUT2D eigenvalue weighted by atomic mass is 19.3. The van der Waals surface area contributed by atoms with Crippen LogP contribution < -0.4 is 19.5 Å². The standard InChI is InChI=1S/C19H19F2NO4/c1-24-15-5-3-4-14(10-15)12-22-18(23)9-7-13-6-8-16(26-19(20)21)17(11-13)25-2/h3-11,19H,12H2,1-2H3,(H,22,23)/b9-7+. The molecule has 5 nitrogen and oxygen atoms in total. The zero-order valence-corrected chi connectivity index (χ0v) is 14.4. The first kappa shape index (κ1) is 19.2. The highest BCUT2D eigenvalue weighted by Gasteiger charge is 2.10. The summed E-state index contributed by atoms with van der Waals surface area (Å²) in [6, 6.07) is 11.8. The minimum Gasteiger partial charge on any atom is -0.497 e. The maximum absolute atomic E-state index is 12.3. The van der Waals surface area contributed by atoms with E-state index in [0.717, 1.165) is 5.56 Å². The smallest absolute Gasteiger partial charge is 0.387 e. The predicted octanol–water partition coefficient (Wildman–Crippen LogP) is 3.63. The molecule has 0 aliphatic heterocycles. The van der Waals surface area contributed by atoms with Gasteiger partial charge in [-0.1, -0.05) is 18.2 Å². The molecule has 1 N–H and O–H groups in total. The van der Waals surface area contributed by atoms with E-state index in [-0.39, 0.29) is 17.4 Å². The zero-order valence-electron chi connectivity index (χ0n) is 14.4. The lowest BCUT2D eigenvalue weighted by Crippen LogP contribution is -2.20. The number of carbonyl (C=O) groups excluding carboxylic acids is 1. The number of ether oxygens (including phenoxy) is 3. The molecular formula is C19H19F2NO4. The Balaban J connectivity index is 1.96. The molecule has 2 aromatic rings. The van der Waals surface area contributed by atoms with E-state index in [1.807, 2.05) is 24.3 Å². The first-order valence-corrected chi connectivity index (χ1v) is 7.73. The van der Waals surface area contributed by atoms with Crippen molar-refractivity contribution in [3.05, 3.63) is 59.7 Å². The number of amides is 1. The second-order valence-electron chi connectivity index (χ2n) is 5.19. The first-order valence-electron chi connectivity index (χ1n) is 7.73. The van der Waals surface area contributed by atoms with Crippen molar-refractivity contribution < 1.29 is 27.8 Å². The maximum Gasteiger partial charge on any atom is 0.387 e. The number of benzene rings is 2. The minimum absolute atomic E-state index is 0.0675. The normalized spacial score (nSPS) is 10.8. The van der Waals surface area contributed by atoms with Crippen molar-refractivity contribution in [1.82, 2.24) is 5.32 Å². The van der Waals surface area contributed by atoms with Gasteiger partial charge in [-0.3, -0.25) is 4.79 Å². The summed E-state index contributed by atoms with van der Waals surface area (Å²) < 4.78 is 39.1. The van der Waals surface area contributed by atoms with Gasteiger partial charge in [0.1, 0.15) is 5.75 Å². The Labute approximate surface area is 150 Å². The van der Waals surface area contributed by atoms with Crippen molar-refractivity contribution in [2.45, 2.75) is 13.2 Å². The van der Waals surface area contributed by atoms with Crippen LogP contribution in [0.4, 0.5) is 8.78 Å². The third-order valence-electron chi connectivity index (χ3n) is 3.43. The molecule has 0 aliphatic carbocycles. The van der Waals surface area contributed by atoms with Crippen LogP contribution >= 0.6 is 0 Å². The van der Waals surface area contributed by atoms with E-state index < -0.39 is 6.61 Å². The molecule has 0 spiro atoms. The van der Waals surface area contributed by atoms with Crippen LogP contribution in [0.2, 0.25) is 0 Å². The Morgan fingerprint density at radius 1 is 1.12 bits per heavy atom. The van der Waals surface area contributed by atoms with Crippen LogP contribution in [0.15, 0.2) is 48.5 Å². The number of carbonyl (C=O) groups is 1. The number of hydrogen-bond donors (Lipinski definition) is 1. The summed E-state index contributed by atoms with van der Waals surface area (Å²) >= 11 is 0. The number of rotatable bonds is 8. The van der Waals surface area contributed by atoms with E-state index in [1.54, 1.807) is 19.3 Å². The highest BCUT2D eigenvalue weighted by Crippen LogP contribution is 2.29. The van der Waals surface area contributed by atoms with Gasteiger partial charge in [0.15, 0.2) is 11.5 Å². The monoisotopic (exact) mass is 363 g/mol. The SMILES string of the molecule is COc1cccc(CNC(=O)/C=C/c2ccc(OC(F)F)c(OC)c2)c1. The van der Waals surface area contributed by atoms with E-state index in [4.69, 9.17) is 9.47 Å². The van der Waals surface area contributed by atoms with E-state index in [9.17, 15) is 13.6 Å². The van der Waals surface area contributed by atoms with Gasteiger partial charge in [-0.2, -0.15) is 8.78 Å². The van der Waals surface area contributed by atoms with Gasteiger partial charge in [0.25, 0.3) is 0 Å². The Morgan fingerprint density at radius 2 is 1.92 bits per heavy atom. The minimum atomic E-state index is -2.94. The number of hydrogen-bond acceptors (Lipinski definition) is 4. The fraction of sp³-hybridized carbons (Fsp3) is 0.211. The number of methoxy groups -OCH3 is 2. The van der Waals surface area contributed by atoms with Crippen LogP contribution in [0.25, 0.3) is 6.08 Å². The van der Waals surface area contributed by atoms with Gasteiger partial charge in [-0.15, -0.1) is 0 Å². The van der Waals surface area contributed by atoms with Crippen molar-refractivity contribution in [1.29, 1.82) is 0 Å². The number of alkyl halides is 2. The van der Waals surface area contributed by atoms with Gasteiger partial charge in [0.05, 0.1) is 14.2 Å². The number of halogens is 2. The summed E-state index contributed by atoms with van der Waals surface area (Å²) in [5, 5.41) is 2.75. The van der Waals surface area contributed by atoms with Gasteiger partial charge in [0.2, 0.25) is 5.91 Å². The molecule has 0 fully saturated rings.